The lowest BCUT2D eigenvalue weighted by molar-refractivity contribution is 0.103. The molecule has 2 aromatic carbocycles. The number of rotatable bonds is 4. The minimum atomic E-state index is 0.574. The van der Waals surface area contributed by atoms with Crippen LogP contribution in [0.5, 0.6) is 0 Å². The molecule has 0 saturated carbocycles. The minimum absolute atomic E-state index is 0.574. The fourth-order valence-corrected chi connectivity index (χ4v) is 3.49. The first-order valence-electron chi connectivity index (χ1n) is 9.19. The minimum Gasteiger partial charge on any atom is -0.292 e. The Morgan fingerprint density at radius 3 is 2.13 bits per heavy atom. The highest BCUT2D eigenvalue weighted by Crippen LogP contribution is 2.36. The predicted molar refractivity (Wildman–Crippen MR) is 100 cm³/mol. The summed E-state index contributed by atoms with van der Waals surface area (Å²) in [7, 11) is 0. The van der Waals surface area contributed by atoms with Crippen molar-refractivity contribution in [2.75, 3.05) is 6.54 Å². The Morgan fingerprint density at radius 1 is 0.913 bits per heavy atom. The second-order valence-corrected chi connectivity index (χ2v) is 6.18. The van der Waals surface area contributed by atoms with E-state index in [0.29, 0.717) is 6.04 Å². The Balaban J connectivity index is 0.000000924. The van der Waals surface area contributed by atoms with E-state index < -0.39 is 0 Å². The number of nitrogens with zero attached hydrogens (tertiary/aromatic N) is 1. The molecular formula is C22H31N. The van der Waals surface area contributed by atoms with E-state index in [1.165, 1.54) is 36.9 Å². The van der Waals surface area contributed by atoms with Crippen LogP contribution in [0.2, 0.25) is 0 Å². The maximum atomic E-state index is 2.66. The highest BCUT2D eigenvalue weighted by atomic mass is 15.2. The van der Waals surface area contributed by atoms with Crippen LogP contribution in [0.25, 0.3) is 0 Å². The highest BCUT2D eigenvalue weighted by Gasteiger charge is 2.28. The van der Waals surface area contributed by atoms with Gasteiger partial charge in [-0.25, -0.2) is 0 Å². The summed E-state index contributed by atoms with van der Waals surface area (Å²) in [6, 6.07) is 22.5. The molecule has 1 heterocycles. The van der Waals surface area contributed by atoms with Gasteiger partial charge in [-0.1, -0.05) is 87.9 Å². The second kappa shape index (κ2) is 9.52. The summed E-state index contributed by atoms with van der Waals surface area (Å²) in [5.74, 6) is 0.877. The first kappa shape index (κ1) is 17.7. The molecule has 0 bridgehead atoms. The summed E-state index contributed by atoms with van der Waals surface area (Å²) < 4.78 is 0. The lowest BCUT2D eigenvalue weighted by Gasteiger charge is -2.39. The van der Waals surface area contributed by atoms with Crippen LogP contribution in [0.3, 0.4) is 0 Å². The fraction of sp³-hybridized carbons (Fsp3) is 0.455. The van der Waals surface area contributed by atoms with Gasteiger partial charge in [0.25, 0.3) is 0 Å². The molecule has 1 fully saturated rings. The molecule has 3 rings (SSSR count). The maximum absolute atomic E-state index is 2.66. The lowest BCUT2D eigenvalue weighted by Crippen LogP contribution is -2.36. The van der Waals surface area contributed by atoms with Crippen LogP contribution >= 0.6 is 0 Å². The number of likely N-dealkylation sites (tertiary alicyclic amines) is 1. The zero-order valence-corrected chi connectivity index (χ0v) is 14.9. The van der Waals surface area contributed by atoms with Gasteiger partial charge in [-0.3, -0.25) is 4.90 Å². The molecule has 0 aliphatic carbocycles. The van der Waals surface area contributed by atoms with Gasteiger partial charge in [0.2, 0.25) is 0 Å². The van der Waals surface area contributed by atoms with Crippen LogP contribution in [0.4, 0.5) is 0 Å². The summed E-state index contributed by atoms with van der Waals surface area (Å²) in [6.07, 6.45) is 3.95. The molecule has 1 heteroatoms. The normalized spacial score (nSPS) is 21.3. The van der Waals surface area contributed by atoms with E-state index in [-0.39, 0.29) is 0 Å². The summed E-state index contributed by atoms with van der Waals surface area (Å²) in [5.41, 5.74) is 2.90. The van der Waals surface area contributed by atoms with Crippen LogP contribution in [-0.2, 0) is 6.54 Å². The summed E-state index contributed by atoms with van der Waals surface area (Å²) in [4.78, 5) is 2.66. The molecule has 0 radical (unpaired) electrons. The Hall–Kier alpha value is -1.60. The summed E-state index contributed by atoms with van der Waals surface area (Å²) in [5, 5.41) is 0. The van der Waals surface area contributed by atoms with E-state index >= 15 is 0 Å². The van der Waals surface area contributed by atoms with Gasteiger partial charge >= 0.3 is 0 Å². The van der Waals surface area contributed by atoms with E-state index in [4.69, 9.17) is 0 Å². The third kappa shape index (κ3) is 4.94. The largest absolute Gasteiger partial charge is 0.292 e. The summed E-state index contributed by atoms with van der Waals surface area (Å²) in [6.45, 7) is 8.61. The van der Waals surface area contributed by atoms with Gasteiger partial charge in [-0.2, -0.15) is 0 Å². The molecule has 23 heavy (non-hydrogen) atoms. The van der Waals surface area contributed by atoms with Crippen LogP contribution in [0, 0.1) is 5.92 Å². The molecule has 0 spiro atoms. The first-order valence-corrected chi connectivity index (χ1v) is 9.19. The SMILES string of the molecule is CC.CCC1CCN(Cc2ccccc2)C(c2ccccc2)C1. The quantitative estimate of drug-likeness (QED) is 0.662. The molecule has 2 aromatic rings. The highest BCUT2D eigenvalue weighted by molar-refractivity contribution is 5.21. The van der Waals surface area contributed by atoms with Crippen molar-refractivity contribution in [1.29, 1.82) is 0 Å². The third-order valence-electron chi connectivity index (χ3n) is 4.81. The van der Waals surface area contributed by atoms with Crippen LogP contribution < -0.4 is 0 Å². The molecule has 0 amide bonds. The molecule has 1 saturated heterocycles. The third-order valence-corrected chi connectivity index (χ3v) is 4.81. The van der Waals surface area contributed by atoms with Gasteiger partial charge in [0.05, 0.1) is 0 Å². The first-order chi connectivity index (χ1) is 11.4. The van der Waals surface area contributed by atoms with Crippen LogP contribution in [-0.4, -0.2) is 11.4 Å². The van der Waals surface area contributed by atoms with Crippen LogP contribution in [0.15, 0.2) is 60.7 Å². The molecular weight excluding hydrogens is 278 g/mol. The van der Waals surface area contributed by atoms with E-state index in [0.717, 1.165) is 12.5 Å². The zero-order valence-electron chi connectivity index (χ0n) is 14.9. The Labute approximate surface area is 142 Å². The average molecular weight is 309 g/mol. The van der Waals surface area contributed by atoms with Crippen molar-refractivity contribution in [3.05, 3.63) is 71.8 Å². The number of benzene rings is 2. The monoisotopic (exact) mass is 309 g/mol. The van der Waals surface area contributed by atoms with Crippen molar-refractivity contribution in [2.24, 2.45) is 5.92 Å². The van der Waals surface area contributed by atoms with Gasteiger partial charge in [0, 0.05) is 12.6 Å². The Kier molecular flexibility index (Phi) is 7.35. The number of hydrogen-bond acceptors (Lipinski definition) is 1. The van der Waals surface area contributed by atoms with Crippen molar-refractivity contribution < 1.29 is 0 Å². The number of hydrogen-bond donors (Lipinski definition) is 0. The Morgan fingerprint density at radius 2 is 1.52 bits per heavy atom. The smallest absolute Gasteiger partial charge is 0.0354 e. The van der Waals surface area contributed by atoms with Crippen molar-refractivity contribution in [1.82, 2.24) is 4.90 Å². The molecule has 0 aromatic heterocycles. The van der Waals surface area contributed by atoms with Crippen LogP contribution in [0.1, 0.15) is 57.2 Å². The molecule has 124 valence electrons. The average Bonchev–Trinajstić information content (AvgIpc) is 2.65. The van der Waals surface area contributed by atoms with Crippen molar-refractivity contribution in [3.8, 4) is 0 Å². The van der Waals surface area contributed by atoms with Gasteiger partial charge in [0.15, 0.2) is 0 Å². The molecule has 2 unspecified atom stereocenters. The molecule has 0 N–H and O–H groups in total. The second-order valence-electron chi connectivity index (χ2n) is 6.18. The van der Waals surface area contributed by atoms with Crippen molar-refractivity contribution in [3.63, 3.8) is 0 Å². The topological polar surface area (TPSA) is 3.24 Å². The fourth-order valence-electron chi connectivity index (χ4n) is 3.49. The standard InChI is InChI=1S/C20H25N.C2H6/c1-2-17-13-14-21(16-18-9-5-3-6-10-18)20(15-17)19-11-7-4-8-12-19;1-2/h3-12,17,20H,2,13-16H2,1H3;1-2H3. The zero-order chi connectivity index (χ0) is 16.5. The molecule has 1 aliphatic heterocycles. The summed E-state index contributed by atoms with van der Waals surface area (Å²) >= 11 is 0. The lowest BCUT2D eigenvalue weighted by atomic mass is 9.85. The van der Waals surface area contributed by atoms with E-state index in [1.807, 2.05) is 13.8 Å². The predicted octanol–water partition coefficient (Wildman–Crippen LogP) is 6.08. The van der Waals surface area contributed by atoms with Crippen molar-refractivity contribution >= 4 is 0 Å². The van der Waals surface area contributed by atoms with Gasteiger partial charge in [-0.05, 0) is 36.4 Å². The van der Waals surface area contributed by atoms with Gasteiger partial charge in [0.1, 0.15) is 0 Å². The molecule has 1 nitrogen and oxygen atoms in total. The maximum Gasteiger partial charge on any atom is 0.0354 e. The van der Waals surface area contributed by atoms with E-state index in [9.17, 15) is 0 Å². The van der Waals surface area contributed by atoms with Gasteiger partial charge in [-0.15, -0.1) is 0 Å². The van der Waals surface area contributed by atoms with Crippen molar-refractivity contribution in [2.45, 2.75) is 52.6 Å². The number of piperidine rings is 1. The van der Waals surface area contributed by atoms with E-state index in [1.54, 1.807) is 0 Å². The van der Waals surface area contributed by atoms with E-state index in [2.05, 4.69) is 72.5 Å². The molecule has 2 atom stereocenters. The van der Waals surface area contributed by atoms with Gasteiger partial charge < -0.3 is 0 Å². The Bertz CT molecular complexity index is 534. The molecule has 1 aliphatic rings.